The number of esters is 1. The lowest BCUT2D eigenvalue weighted by atomic mass is 9.90. The van der Waals surface area contributed by atoms with E-state index in [1.54, 1.807) is 12.1 Å². The number of aliphatic hydroxyl groups is 1. The number of ether oxygens (including phenoxy) is 1. The first-order valence-corrected chi connectivity index (χ1v) is 7.80. The van der Waals surface area contributed by atoms with Crippen LogP contribution < -0.4 is 0 Å². The van der Waals surface area contributed by atoms with Crippen LogP contribution in [0, 0.1) is 5.92 Å². The van der Waals surface area contributed by atoms with Crippen LogP contribution in [0.2, 0.25) is 0 Å². The summed E-state index contributed by atoms with van der Waals surface area (Å²) in [5.74, 6) is 0.0530. The SMILES string of the molecule is C/C=C(/CC)[C@@H](CCO)CC(=O)OCCc1ccc(O)cc1. The van der Waals surface area contributed by atoms with Gasteiger partial charge in [-0.15, -0.1) is 0 Å². The Balaban J connectivity index is 2.41. The maximum Gasteiger partial charge on any atom is 0.306 e. The maximum absolute atomic E-state index is 11.9. The monoisotopic (exact) mass is 306 g/mol. The Hall–Kier alpha value is -1.81. The van der Waals surface area contributed by atoms with E-state index < -0.39 is 0 Å². The summed E-state index contributed by atoms with van der Waals surface area (Å²) in [5, 5.41) is 18.3. The molecule has 122 valence electrons. The van der Waals surface area contributed by atoms with E-state index in [1.807, 2.05) is 25.1 Å². The molecule has 1 rings (SSSR count). The van der Waals surface area contributed by atoms with Gasteiger partial charge >= 0.3 is 5.97 Å². The van der Waals surface area contributed by atoms with E-state index in [-0.39, 0.29) is 24.2 Å². The second-order valence-corrected chi connectivity index (χ2v) is 5.27. The summed E-state index contributed by atoms with van der Waals surface area (Å²) < 4.78 is 5.28. The van der Waals surface area contributed by atoms with Crippen LogP contribution in [-0.2, 0) is 16.0 Å². The number of aliphatic hydroxyl groups excluding tert-OH is 1. The van der Waals surface area contributed by atoms with Crippen LogP contribution >= 0.6 is 0 Å². The van der Waals surface area contributed by atoms with Crippen molar-refractivity contribution in [3.8, 4) is 5.75 Å². The quantitative estimate of drug-likeness (QED) is 0.543. The van der Waals surface area contributed by atoms with Crippen LogP contribution in [0.4, 0.5) is 0 Å². The highest BCUT2D eigenvalue weighted by molar-refractivity contribution is 5.70. The molecule has 0 amide bonds. The summed E-state index contributed by atoms with van der Waals surface area (Å²) in [6.07, 6.45) is 4.41. The molecule has 0 heterocycles. The Kier molecular flexibility index (Phi) is 8.30. The number of allylic oxidation sites excluding steroid dienone is 2. The minimum absolute atomic E-state index is 0.0566. The van der Waals surface area contributed by atoms with Gasteiger partial charge in [-0.3, -0.25) is 4.79 Å². The number of aromatic hydroxyl groups is 1. The fourth-order valence-electron chi connectivity index (χ4n) is 2.51. The number of carbonyl (C=O) groups excluding carboxylic acids is 1. The zero-order chi connectivity index (χ0) is 16.4. The van der Waals surface area contributed by atoms with E-state index in [9.17, 15) is 9.90 Å². The van der Waals surface area contributed by atoms with E-state index in [2.05, 4.69) is 6.92 Å². The molecule has 2 N–H and O–H groups in total. The second kappa shape index (κ2) is 10.0. The van der Waals surface area contributed by atoms with Crippen molar-refractivity contribution in [2.24, 2.45) is 5.92 Å². The third-order valence-electron chi connectivity index (χ3n) is 3.78. The first kappa shape index (κ1) is 18.2. The van der Waals surface area contributed by atoms with Crippen molar-refractivity contribution in [2.45, 2.75) is 39.5 Å². The lowest BCUT2D eigenvalue weighted by molar-refractivity contribution is -0.144. The van der Waals surface area contributed by atoms with Gasteiger partial charge in [0.1, 0.15) is 5.75 Å². The van der Waals surface area contributed by atoms with E-state index in [0.717, 1.165) is 12.0 Å². The van der Waals surface area contributed by atoms with Gasteiger partial charge in [0.15, 0.2) is 0 Å². The van der Waals surface area contributed by atoms with Crippen LogP contribution in [0.5, 0.6) is 5.75 Å². The van der Waals surface area contributed by atoms with E-state index >= 15 is 0 Å². The molecule has 0 aliphatic rings. The predicted molar refractivity (Wildman–Crippen MR) is 86.6 cm³/mol. The third-order valence-corrected chi connectivity index (χ3v) is 3.78. The van der Waals surface area contributed by atoms with Crippen molar-refractivity contribution in [3.63, 3.8) is 0 Å². The molecule has 0 fully saturated rings. The molecule has 0 aliphatic carbocycles. The number of rotatable bonds is 9. The van der Waals surface area contributed by atoms with Gasteiger partial charge in [-0.05, 0) is 43.4 Å². The smallest absolute Gasteiger partial charge is 0.306 e. The molecule has 0 aliphatic heterocycles. The summed E-state index contributed by atoms with van der Waals surface area (Å²) >= 11 is 0. The molecule has 0 saturated heterocycles. The number of phenols is 1. The topological polar surface area (TPSA) is 66.8 Å². The summed E-state index contributed by atoms with van der Waals surface area (Å²) in [6, 6.07) is 6.86. The fourth-order valence-corrected chi connectivity index (χ4v) is 2.51. The van der Waals surface area contributed by atoms with E-state index in [0.29, 0.717) is 25.9 Å². The third kappa shape index (κ3) is 6.31. The van der Waals surface area contributed by atoms with Crippen molar-refractivity contribution in [2.75, 3.05) is 13.2 Å². The number of benzene rings is 1. The first-order chi connectivity index (χ1) is 10.6. The summed E-state index contributed by atoms with van der Waals surface area (Å²) in [4.78, 5) is 11.9. The molecule has 4 heteroatoms. The van der Waals surface area contributed by atoms with E-state index in [1.165, 1.54) is 5.57 Å². The van der Waals surface area contributed by atoms with Crippen molar-refractivity contribution < 1.29 is 19.7 Å². The number of hydrogen-bond donors (Lipinski definition) is 2. The largest absolute Gasteiger partial charge is 0.508 e. The highest BCUT2D eigenvalue weighted by atomic mass is 16.5. The molecule has 0 aromatic heterocycles. The van der Waals surface area contributed by atoms with Gasteiger partial charge in [-0.1, -0.05) is 30.7 Å². The van der Waals surface area contributed by atoms with Crippen LogP contribution in [0.15, 0.2) is 35.9 Å². The van der Waals surface area contributed by atoms with Crippen LogP contribution in [0.3, 0.4) is 0 Å². The number of carbonyl (C=O) groups is 1. The molecule has 1 atom stereocenters. The standard InChI is InChI=1S/C18H26O4/c1-3-15(4-2)16(9-11-19)13-18(21)22-12-10-14-5-7-17(20)8-6-14/h3,5-8,16,19-20H,4,9-13H2,1-2H3/b15-3-/t16-/m0/s1. The minimum Gasteiger partial charge on any atom is -0.508 e. The Labute approximate surface area is 132 Å². The van der Waals surface area contributed by atoms with Crippen LogP contribution in [0.1, 0.15) is 38.7 Å². The number of phenolic OH excluding ortho intramolecular Hbond substituents is 1. The molecule has 0 radical (unpaired) electrons. The lowest BCUT2D eigenvalue weighted by Crippen LogP contribution is -2.16. The highest BCUT2D eigenvalue weighted by Gasteiger charge is 2.17. The van der Waals surface area contributed by atoms with Crippen molar-refractivity contribution >= 4 is 5.97 Å². The fraction of sp³-hybridized carbons (Fsp3) is 0.500. The maximum atomic E-state index is 11.9. The number of hydrogen-bond acceptors (Lipinski definition) is 4. The van der Waals surface area contributed by atoms with Crippen molar-refractivity contribution in [1.82, 2.24) is 0 Å². The normalized spacial score (nSPS) is 13.0. The van der Waals surface area contributed by atoms with Gasteiger partial charge in [0, 0.05) is 13.0 Å². The molecule has 0 unspecified atom stereocenters. The van der Waals surface area contributed by atoms with Crippen LogP contribution in [0.25, 0.3) is 0 Å². The van der Waals surface area contributed by atoms with Crippen LogP contribution in [-0.4, -0.2) is 29.4 Å². The zero-order valence-electron chi connectivity index (χ0n) is 13.4. The summed E-state index contributed by atoms with van der Waals surface area (Å²) in [6.45, 7) is 4.41. The molecular formula is C18H26O4. The molecule has 4 nitrogen and oxygen atoms in total. The Morgan fingerprint density at radius 1 is 1.32 bits per heavy atom. The molecule has 0 spiro atoms. The van der Waals surface area contributed by atoms with Gasteiger partial charge in [0.25, 0.3) is 0 Å². The summed E-state index contributed by atoms with van der Waals surface area (Å²) in [7, 11) is 0. The Morgan fingerprint density at radius 3 is 2.55 bits per heavy atom. The zero-order valence-corrected chi connectivity index (χ0v) is 13.4. The van der Waals surface area contributed by atoms with Gasteiger partial charge < -0.3 is 14.9 Å². The molecule has 0 bridgehead atoms. The average molecular weight is 306 g/mol. The van der Waals surface area contributed by atoms with Gasteiger partial charge in [-0.2, -0.15) is 0 Å². The Morgan fingerprint density at radius 2 is 2.00 bits per heavy atom. The molecule has 0 saturated carbocycles. The first-order valence-electron chi connectivity index (χ1n) is 7.80. The van der Waals surface area contributed by atoms with Crippen molar-refractivity contribution in [3.05, 3.63) is 41.5 Å². The lowest BCUT2D eigenvalue weighted by Gasteiger charge is -2.17. The van der Waals surface area contributed by atoms with E-state index in [4.69, 9.17) is 9.84 Å². The highest BCUT2D eigenvalue weighted by Crippen LogP contribution is 2.22. The van der Waals surface area contributed by atoms with Gasteiger partial charge in [0.2, 0.25) is 0 Å². The molecule has 1 aromatic rings. The Bertz CT molecular complexity index is 476. The van der Waals surface area contributed by atoms with Crippen molar-refractivity contribution in [1.29, 1.82) is 0 Å². The minimum atomic E-state index is -0.231. The second-order valence-electron chi connectivity index (χ2n) is 5.27. The van der Waals surface area contributed by atoms with Gasteiger partial charge in [0.05, 0.1) is 13.0 Å². The molecular weight excluding hydrogens is 280 g/mol. The predicted octanol–water partition coefficient (Wildman–Crippen LogP) is 3.22. The average Bonchev–Trinajstić information content (AvgIpc) is 2.50. The van der Waals surface area contributed by atoms with Gasteiger partial charge in [-0.25, -0.2) is 0 Å². The molecule has 1 aromatic carbocycles. The molecule has 22 heavy (non-hydrogen) atoms. The summed E-state index contributed by atoms with van der Waals surface area (Å²) in [5.41, 5.74) is 2.20.